The Morgan fingerprint density at radius 3 is 1.38 bits per heavy atom. The Bertz CT molecular complexity index is 971. The number of unbranched alkanes of at least 4 members (excludes halogenated alkanes) is 7. The van der Waals surface area contributed by atoms with Crippen molar-refractivity contribution >= 4 is 35.4 Å². The highest BCUT2D eigenvalue weighted by Gasteiger charge is 2.20. The molecule has 0 saturated heterocycles. The molecule has 0 aliphatic carbocycles. The summed E-state index contributed by atoms with van der Waals surface area (Å²) in [5.41, 5.74) is 0. The van der Waals surface area contributed by atoms with Gasteiger partial charge < -0.3 is 54.8 Å². The molecule has 0 aromatic rings. The van der Waals surface area contributed by atoms with Gasteiger partial charge in [-0.1, -0.05) is 51.9 Å². The minimum absolute atomic E-state index is 0.0105. The molecule has 0 radical (unpaired) electrons. The van der Waals surface area contributed by atoms with Crippen LogP contribution in [-0.4, -0.2) is 145 Å². The summed E-state index contributed by atoms with van der Waals surface area (Å²) in [4.78, 5) is 70.1. The summed E-state index contributed by atoms with van der Waals surface area (Å²) in [5, 5.41) is 19.9. The van der Waals surface area contributed by atoms with E-state index in [2.05, 4.69) is 28.2 Å². The molecule has 0 rings (SSSR count). The van der Waals surface area contributed by atoms with Crippen LogP contribution in [0.5, 0.6) is 0 Å². The van der Waals surface area contributed by atoms with E-state index in [4.69, 9.17) is 28.4 Å². The third-order valence-electron chi connectivity index (χ3n) is 7.14. The Labute approximate surface area is 308 Å². The highest BCUT2D eigenvalue weighted by atomic mass is 16.5. The lowest BCUT2D eigenvalue weighted by atomic mass is 10.1. The molecule has 0 aliphatic rings. The first-order valence-electron chi connectivity index (χ1n) is 18.4. The molecular weight excluding hydrogens is 684 g/mol. The van der Waals surface area contributed by atoms with Crippen molar-refractivity contribution in [3.63, 3.8) is 0 Å². The van der Waals surface area contributed by atoms with Crippen LogP contribution >= 0.6 is 0 Å². The van der Waals surface area contributed by atoms with Crippen molar-refractivity contribution in [1.82, 2.24) is 21.3 Å². The molecule has 5 N–H and O–H groups in total. The molecule has 0 heterocycles. The fourth-order valence-corrected chi connectivity index (χ4v) is 4.40. The van der Waals surface area contributed by atoms with Gasteiger partial charge in [-0.2, -0.15) is 0 Å². The number of Topliss-reactive ketones (excluding diaryl/α,β-unsaturated/α-hetero) is 1. The first-order chi connectivity index (χ1) is 25.1. The van der Waals surface area contributed by atoms with E-state index in [1.807, 2.05) is 0 Å². The van der Waals surface area contributed by atoms with Crippen molar-refractivity contribution in [3.05, 3.63) is 0 Å². The Kier molecular flexibility index (Phi) is 33.9. The number of carboxylic acid groups (broad SMARTS) is 1. The van der Waals surface area contributed by atoms with Gasteiger partial charge in [-0.3, -0.25) is 24.0 Å². The number of hydrogen-bond acceptors (Lipinski definition) is 12. The minimum atomic E-state index is -1.17. The van der Waals surface area contributed by atoms with Crippen LogP contribution in [0, 0.1) is 0 Å². The third kappa shape index (κ3) is 35.2. The van der Waals surface area contributed by atoms with Gasteiger partial charge in [0, 0.05) is 32.5 Å². The van der Waals surface area contributed by atoms with Crippen LogP contribution in [0.1, 0.15) is 84.5 Å². The lowest BCUT2D eigenvalue weighted by molar-refractivity contribution is -0.142. The summed E-state index contributed by atoms with van der Waals surface area (Å²) in [5.74, 6) is -2.49. The van der Waals surface area contributed by atoms with Gasteiger partial charge in [-0.05, 0) is 19.8 Å². The molecule has 4 amide bonds. The molecule has 17 nitrogen and oxygen atoms in total. The topological polar surface area (TPSA) is 226 Å². The van der Waals surface area contributed by atoms with Crippen LogP contribution in [-0.2, 0) is 57.2 Å². The lowest BCUT2D eigenvalue weighted by Crippen LogP contribution is -2.41. The van der Waals surface area contributed by atoms with Gasteiger partial charge in [-0.25, -0.2) is 4.79 Å². The smallest absolute Gasteiger partial charge is 0.326 e. The summed E-state index contributed by atoms with van der Waals surface area (Å²) >= 11 is 0. The van der Waals surface area contributed by atoms with E-state index in [0.29, 0.717) is 32.8 Å². The van der Waals surface area contributed by atoms with Crippen LogP contribution < -0.4 is 21.3 Å². The number of ketones is 1. The van der Waals surface area contributed by atoms with Gasteiger partial charge in [0.05, 0.1) is 59.5 Å². The first kappa shape index (κ1) is 48.8. The van der Waals surface area contributed by atoms with Crippen LogP contribution in [0.4, 0.5) is 0 Å². The molecule has 0 fully saturated rings. The molecule has 0 aromatic heterocycles. The second kappa shape index (κ2) is 36.2. The number of amides is 4. The summed E-state index contributed by atoms with van der Waals surface area (Å²) < 4.78 is 31.5. The van der Waals surface area contributed by atoms with E-state index in [9.17, 15) is 33.9 Å². The van der Waals surface area contributed by atoms with E-state index in [1.165, 1.54) is 32.6 Å². The van der Waals surface area contributed by atoms with Crippen molar-refractivity contribution in [3.8, 4) is 0 Å². The number of nitrogens with one attached hydrogen (secondary N) is 4. The number of aliphatic carboxylic acids is 1. The molecule has 0 aliphatic heterocycles. The largest absolute Gasteiger partial charge is 0.480 e. The molecule has 1 atom stereocenters. The van der Waals surface area contributed by atoms with E-state index >= 15 is 0 Å². The van der Waals surface area contributed by atoms with Gasteiger partial charge in [-0.15, -0.1) is 0 Å². The van der Waals surface area contributed by atoms with E-state index in [-0.39, 0.29) is 121 Å². The SMILES string of the molecule is CCCCCCCCCCC(=O)N[C@H](CCC(=O)NCCOCCOCC(=O)NCCOCCOCC(=O)NCCOCCOCC(C)=O)C(=O)O. The average Bonchev–Trinajstić information content (AvgIpc) is 3.10. The summed E-state index contributed by atoms with van der Waals surface area (Å²) in [6.45, 7) is 6.49. The van der Waals surface area contributed by atoms with Crippen molar-refractivity contribution in [1.29, 1.82) is 0 Å². The predicted molar refractivity (Wildman–Crippen MR) is 191 cm³/mol. The normalized spacial score (nSPS) is 11.5. The molecule has 302 valence electrons. The summed E-state index contributed by atoms with van der Waals surface area (Å²) in [7, 11) is 0. The van der Waals surface area contributed by atoms with E-state index in [1.54, 1.807) is 0 Å². The predicted octanol–water partition coefficient (Wildman–Crippen LogP) is 0.904. The maximum absolute atomic E-state index is 12.2. The van der Waals surface area contributed by atoms with Gasteiger partial charge in [0.15, 0.2) is 5.78 Å². The molecular formula is C35H64N4O13. The quantitative estimate of drug-likeness (QED) is 0.0554. The number of carboxylic acids is 1. The maximum Gasteiger partial charge on any atom is 0.326 e. The molecule has 0 bridgehead atoms. The number of carbonyl (C=O) groups excluding carboxylic acids is 5. The minimum Gasteiger partial charge on any atom is -0.480 e. The van der Waals surface area contributed by atoms with E-state index < -0.39 is 12.0 Å². The monoisotopic (exact) mass is 748 g/mol. The van der Waals surface area contributed by atoms with Gasteiger partial charge >= 0.3 is 5.97 Å². The second-order valence-electron chi connectivity index (χ2n) is 12.0. The Morgan fingerprint density at radius 2 is 0.923 bits per heavy atom. The van der Waals surface area contributed by atoms with Crippen LogP contribution in [0.15, 0.2) is 0 Å². The van der Waals surface area contributed by atoms with Gasteiger partial charge in [0.1, 0.15) is 25.9 Å². The van der Waals surface area contributed by atoms with E-state index in [0.717, 1.165) is 19.3 Å². The Balaban J connectivity index is 3.61. The zero-order chi connectivity index (χ0) is 38.5. The summed E-state index contributed by atoms with van der Waals surface area (Å²) in [6.07, 6.45) is 8.99. The lowest BCUT2D eigenvalue weighted by Gasteiger charge is -2.14. The number of hydrogen-bond donors (Lipinski definition) is 5. The highest BCUT2D eigenvalue weighted by Crippen LogP contribution is 2.10. The Hall–Kier alpha value is -3.22. The fourth-order valence-electron chi connectivity index (χ4n) is 4.40. The standard InChI is InChI=1S/C35H64N4O13/c1-3-4-5-6-7-8-9-10-11-32(42)39-30(35(45)46)12-13-31(41)36-14-17-47-21-24-51-27-34(44)38-16-19-49-22-25-52-28-33(43)37-15-18-48-20-23-50-26-29(2)40/h30H,3-28H2,1-2H3,(H,36,41)(H,37,43)(H,38,44)(H,39,42)(H,45,46)/t30-/m1/s1. The second-order valence-corrected chi connectivity index (χ2v) is 12.0. The first-order valence-corrected chi connectivity index (χ1v) is 18.4. The fraction of sp³-hybridized carbons (Fsp3) is 0.829. The number of ether oxygens (including phenoxy) is 6. The van der Waals surface area contributed by atoms with Gasteiger partial charge in [0.25, 0.3) is 0 Å². The van der Waals surface area contributed by atoms with Crippen LogP contribution in [0.3, 0.4) is 0 Å². The molecule has 0 spiro atoms. The highest BCUT2D eigenvalue weighted by molar-refractivity contribution is 5.84. The van der Waals surface area contributed by atoms with Crippen molar-refractivity contribution in [2.24, 2.45) is 0 Å². The van der Waals surface area contributed by atoms with Crippen molar-refractivity contribution in [2.75, 3.05) is 98.9 Å². The number of rotatable bonds is 38. The summed E-state index contributed by atoms with van der Waals surface area (Å²) in [6, 6.07) is -1.12. The molecule has 17 heteroatoms. The zero-order valence-corrected chi connectivity index (χ0v) is 31.3. The van der Waals surface area contributed by atoms with Crippen LogP contribution in [0.25, 0.3) is 0 Å². The Morgan fingerprint density at radius 1 is 0.500 bits per heavy atom. The average molecular weight is 749 g/mol. The molecule has 52 heavy (non-hydrogen) atoms. The van der Waals surface area contributed by atoms with Crippen LogP contribution in [0.2, 0.25) is 0 Å². The van der Waals surface area contributed by atoms with Crippen molar-refractivity contribution in [2.45, 2.75) is 90.5 Å². The number of carbonyl (C=O) groups is 6. The zero-order valence-electron chi connectivity index (χ0n) is 31.3. The van der Waals surface area contributed by atoms with Crippen molar-refractivity contribution < 1.29 is 62.3 Å². The molecule has 0 unspecified atom stereocenters. The maximum atomic E-state index is 12.2. The third-order valence-corrected chi connectivity index (χ3v) is 7.14. The molecule has 0 saturated carbocycles. The van der Waals surface area contributed by atoms with Gasteiger partial charge in [0.2, 0.25) is 23.6 Å². The molecule has 0 aromatic carbocycles.